The second-order valence-corrected chi connectivity index (χ2v) is 7.15. The highest BCUT2D eigenvalue weighted by atomic mass is 16.1. The third-order valence-electron chi connectivity index (χ3n) is 5.46. The fourth-order valence-electron chi connectivity index (χ4n) is 3.95. The zero-order valence-corrected chi connectivity index (χ0v) is 16.4. The van der Waals surface area contributed by atoms with E-state index in [1.165, 1.54) is 18.5 Å². The third kappa shape index (κ3) is 4.89. The summed E-state index contributed by atoms with van der Waals surface area (Å²) >= 11 is 0. The Hall–Kier alpha value is -2.33. The van der Waals surface area contributed by atoms with Gasteiger partial charge >= 0.3 is 0 Å². The summed E-state index contributed by atoms with van der Waals surface area (Å²) < 4.78 is 0. The maximum absolute atomic E-state index is 13.2. The van der Waals surface area contributed by atoms with E-state index in [-0.39, 0.29) is 17.9 Å². The average Bonchev–Trinajstić information content (AvgIpc) is 2.72. The van der Waals surface area contributed by atoms with Crippen molar-refractivity contribution in [2.45, 2.75) is 45.1 Å². The van der Waals surface area contributed by atoms with Crippen LogP contribution in [0.25, 0.3) is 0 Å². The van der Waals surface area contributed by atoms with Crippen LogP contribution in [-0.4, -0.2) is 31.6 Å². The van der Waals surface area contributed by atoms with Crippen LogP contribution < -0.4 is 15.5 Å². The zero-order valence-electron chi connectivity index (χ0n) is 16.4. The van der Waals surface area contributed by atoms with Crippen molar-refractivity contribution >= 4 is 17.3 Å². The predicted octanol–water partition coefficient (Wildman–Crippen LogP) is 4.40. The minimum absolute atomic E-state index is 0.0659. The fourth-order valence-corrected chi connectivity index (χ4v) is 3.95. The molecule has 2 atom stereocenters. The molecule has 0 spiro atoms. The number of amides is 1. The first-order valence-corrected chi connectivity index (χ1v) is 10.2. The van der Waals surface area contributed by atoms with Gasteiger partial charge < -0.3 is 15.5 Å². The Morgan fingerprint density at radius 3 is 2.37 bits per heavy atom. The van der Waals surface area contributed by atoms with Crippen LogP contribution in [0.4, 0.5) is 11.4 Å². The monoisotopic (exact) mass is 365 g/mol. The Bertz CT molecular complexity index is 704. The summed E-state index contributed by atoms with van der Waals surface area (Å²) in [5.74, 6) is -0.106. The Labute approximate surface area is 163 Å². The summed E-state index contributed by atoms with van der Waals surface area (Å²) in [5.41, 5.74) is 3.12. The van der Waals surface area contributed by atoms with Crippen molar-refractivity contribution in [2.24, 2.45) is 0 Å². The van der Waals surface area contributed by atoms with Crippen molar-refractivity contribution in [3.63, 3.8) is 0 Å². The van der Waals surface area contributed by atoms with Crippen LogP contribution in [0.2, 0.25) is 0 Å². The fraction of sp³-hybridized carbons (Fsp3) is 0.435. The molecule has 0 saturated carbocycles. The molecule has 1 saturated heterocycles. The largest absolute Gasteiger partial charge is 0.372 e. The molecule has 4 heteroatoms. The highest BCUT2D eigenvalue weighted by molar-refractivity contribution is 5.96. The van der Waals surface area contributed by atoms with E-state index in [1.54, 1.807) is 0 Å². The number of hydrogen-bond donors (Lipinski definition) is 2. The number of rotatable bonds is 7. The molecule has 0 aromatic heterocycles. The molecular weight excluding hydrogens is 334 g/mol. The molecule has 2 aromatic rings. The van der Waals surface area contributed by atoms with Gasteiger partial charge in [0.1, 0.15) is 0 Å². The van der Waals surface area contributed by atoms with E-state index < -0.39 is 0 Å². The van der Waals surface area contributed by atoms with E-state index in [1.807, 2.05) is 30.3 Å². The molecule has 2 aromatic carbocycles. The standard InChI is InChI=1S/C23H31N3O/c1-3-26(4-2)20-15-13-19(14-16-20)25-23(27)22(18-10-6-5-7-11-18)21-12-8-9-17-24-21/h5-7,10-11,13-16,21-22,24H,3-4,8-9,12,17H2,1-2H3,(H,25,27). The topological polar surface area (TPSA) is 44.4 Å². The van der Waals surface area contributed by atoms with Crippen molar-refractivity contribution in [3.05, 3.63) is 60.2 Å². The van der Waals surface area contributed by atoms with Gasteiger partial charge in [0, 0.05) is 30.5 Å². The van der Waals surface area contributed by atoms with Crippen molar-refractivity contribution in [1.29, 1.82) is 0 Å². The van der Waals surface area contributed by atoms with E-state index in [0.717, 1.165) is 37.3 Å². The van der Waals surface area contributed by atoms with Gasteiger partial charge in [0.15, 0.2) is 0 Å². The van der Waals surface area contributed by atoms with E-state index in [9.17, 15) is 4.79 Å². The Kier molecular flexibility index (Phi) is 6.88. The second kappa shape index (κ2) is 9.56. The highest BCUT2D eigenvalue weighted by Gasteiger charge is 2.30. The van der Waals surface area contributed by atoms with Gasteiger partial charge in [-0.1, -0.05) is 36.8 Å². The van der Waals surface area contributed by atoms with Gasteiger partial charge in [0.2, 0.25) is 5.91 Å². The van der Waals surface area contributed by atoms with Crippen LogP contribution in [0.15, 0.2) is 54.6 Å². The SMILES string of the molecule is CCN(CC)c1ccc(NC(=O)C(c2ccccc2)C2CCCCN2)cc1. The van der Waals surface area contributed by atoms with Gasteiger partial charge in [-0.25, -0.2) is 0 Å². The first-order chi connectivity index (χ1) is 13.2. The van der Waals surface area contributed by atoms with Crippen molar-refractivity contribution in [1.82, 2.24) is 5.32 Å². The van der Waals surface area contributed by atoms with Gasteiger partial charge in [-0.05, 0) is 63.1 Å². The Morgan fingerprint density at radius 1 is 1.07 bits per heavy atom. The molecule has 0 radical (unpaired) electrons. The number of anilines is 2. The van der Waals surface area contributed by atoms with Gasteiger partial charge in [-0.3, -0.25) is 4.79 Å². The minimum Gasteiger partial charge on any atom is -0.372 e. The highest BCUT2D eigenvalue weighted by Crippen LogP contribution is 2.27. The van der Waals surface area contributed by atoms with Crippen LogP contribution >= 0.6 is 0 Å². The number of nitrogens with one attached hydrogen (secondary N) is 2. The molecule has 1 heterocycles. The molecule has 0 bridgehead atoms. The Morgan fingerprint density at radius 2 is 1.78 bits per heavy atom. The van der Waals surface area contributed by atoms with Crippen molar-refractivity contribution in [2.75, 3.05) is 29.9 Å². The molecular formula is C23H31N3O. The quantitative estimate of drug-likeness (QED) is 0.764. The number of carbonyl (C=O) groups excluding carboxylic acids is 1. The van der Waals surface area contributed by atoms with Crippen molar-refractivity contribution < 1.29 is 4.79 Å². The van der Waals surface area contributed by atoms with Gasteiger partial charge in [0.05, 0.1) is 5.92 Å². The van der Waals surface area contributed by atoms with E-state index in [0.29, 0.717) is 0 Å². The van der Waals surface area contributed by atoms with Crippen molar-refractivity contribution in [3.8, 4) is 0 Å². The molecule has 1 aliphatic heterocycles. The molecule has 2 N–H and O–H groups in total. The molecule has 4 nitrogen and oxygen atoms in total. The lowest BCUT2D eigenvalue weighted by atomic mass is 9.85. The molecule has 3 rings (SSSR count). The van der Waals surface area contributed by atoms with Gasteiger partial charge in [-0.2, -0.15) is 0 Å². The summed E-state index contributed by atoms with van der Waals surface area (Å²) in [6.07, 6.45) is 3.40. The molecule has 1 aliphatic rings. The Balaban J connectivity index is 1.76. The summed E-state index contributed by atoms with van der Waals surface area (Å²) in [6, 6.07) is 18.5. The number of piperidine rings is 1. The van der Waals surface area contributed by atoms with Gasteiger partial charge in [-0.15, -0.1) is 0 Å². The maximum atomic E-state index is 13.2. The lowest BCUT2D eigenvalue weighted by Gasteiger charge is -2.31. The zero-order chi connectivity index (χ0) is 19.1. The van der Waals surface area contributed by atoms with Crippen LogP contribution in [0, 0.1) is 0 Å². The lowest BCUT2D eigenvalue weighted by molar-refractivity contribution is -0.118. The minimum atomic E-state index is -0.172. The molecule has 0 aliphatic carbocycles. The predicted molar refractivity (Wildman–Crippen MR) is 113 cm³/mol. The molecule has 1 amide bonds. The third-order valence-corrected chi connectivity index (χ3v) is 5.46. The number of carbonyl (C=O) groups is 1. The first-order valence-electron chi connectivity index (χ1n) is 10.2. The summed E-state index contributed by atoms with van der Waals surface area (Å²) in [7, 11) is 0. The summed E-state index contributed by atoms with van der Waals surface area (Å²) in [5, 5.41) is 6.70. The molecule has 27 heavy (non-hydrogen) atoms. The normalized spacial score (nSPS) is 17.9. The van der Waals surface area contributed by atoms with Crippen LogP contribution in [0.3, 0.4) is 0 Å². The van der Waals surface area contributed by atoms with Crippen LogP contribution in [-0.2, 0) is 4.79 Å². The maximum Gasteiger partial charge on any atom is 0.233 e. The van der Waals surface area contributed by atoms with E-state index in [4.69, 9.17) is 0 Å². The first kappa shape index (κ1) is 19.4. The second-order valence-electron chi connectivity index (χ2n) is 7.15. The smallest absolute Gasteiger partial charge is 0.233 e. The van der Waals surface area contributed by atoms with E-state index >= 15 is 0 Å². The number of benzene rings is 2. The number of hydrogen-bond acceptors (Lipinski definition) is 3. The summed E-state index contributed by atoms with van der Waals surface area (Å²) in [4.78, 5) is 15.5. The molecule has 1 fully saturated rings. The molecule has 144 valence electrons. The van der Waals surface area contributed by atoms with Crippen LogP contribution in [0.1, 0.15) is 44.6 Å². The lowest BCUT2D eigenvalue weighted by Crippen LogP contribution is -2.43. The van der Waals surface area contributed by atoms with Crippen LogP contribution in [0.5, 0.6) is 0 Å². The van der Waals surface area contributed by atoms with Gasteiger partial charge in [0.25, 0.3) is 0 Å². The van der Waals surface area contributed by atoms with E-state index in [2.05, 4.69) is 53.6 Å². The average molecular weight is 366 g/mol. The number of nitrogens with zero attached hydrogens (tertiary/aromatic N) is 1. The molecule has 2 unspecified atom stereocenters. The summed E-state index contributed by atoms with van der Waals surface area (Å²) in [6.45, 7) is 7.25.